The van der Waals surface area contributed by atoms with Crippen LogP contribution in [0.5, 0.6) is 0 Å². The molecule has 0 aliphatic carbocycles. The first kappa shape index (κ1) is 14.6. The molecule has 2 heterocycles. The highest BCUT2D eigenvalue weighted by molar-refractivity contribution is 5.79. The Hall–Kier alpha value is -2.77. The highest BCUT2D eigenvalue weighted by atomic mass is 15.4. The van der Waals surface area contributed by atoms with E-state index in [1.54, 1.807) is 18.6 Å². The second kappa shape index (κ2) is 7.73. The van der Waals surface area contributed by atoms with E-state index in [0.29, 0.717) is 17.8 Å². The summed E-state index contributed by atoms with van der Waals surface area (Å²) in [4.78, 5) is 16.6. The largest absolute Gasteiger partial charge is 0.354 e. The van der Waals surface area contributed by atoms with Crippen LogP contribution in [0.4, 0.5) is 17.8 Å². The Labute approximate surface area is 123 Å². The van der Waals surface area contributed by atoms with Crippen LogP contribution in [0.15, 0.2) is 29.6 Å². The molecule has 8 nitrogen and oxygen atoms in total. The van der Waals surface area contributed by atoms with Gasteiger partial charge < -0.3 is 10.6 Å². The smallest absolute Gasteiger partial charge is 0.250 e. The third kappa shape index (κ3) is 4.68. The lowest BCUT2D eigenvalue weighted by Crippen LogP contribution is -2.10. The number of anilines is 3. The van der Waals surface area contributed by atoms with Crippen LogP contribution in [0, 0.1) is 0 Å². The summed E-state index contributed by atoms with van der Waals surface area (Å²) < 4.78 is 0. The molecule has 0 saturated heterocycles. The summed E-state index contributed by atoms with van der Waals surface area (Å²) in [7, 11) is 0. The Balaban J connectivity index is 2.09. The van der Waals surface area contributed by atoms with Gasteiger partial charge in [-0.2, -0.15) is 20.1 Å². The summed E-state index contributed by atoms with van der Waals surface area (Å²) in [5.41, 5.74) is 3.73. The van der Waals surface area contributed by atoms with E-state index in [2.05, 4.69) is 41.1 Å². The minimum absolute atomic E-state index is 0.377. The van der Waals surface area contributed by atoms with Gasteiger partial charge >= 0.3 is 0 Å². The second-order valence-electron chi connectivity index (χ2n) is 4.02. The van der Waals surface area contributed by atoms with Gasteiger partial charge in [-0.15, -0.1) is 0 Å². The van der Waals surface area contributed by atoms with Gasteiger partial charge in [-0.3, -0.25) is 4.98 Å². The van der Waals surface area contributed by atoms with Crippen molar-refractivity contribution in [3.63, 3.8) is 0 Å². The van der Waals surface area contributed by atoms with Gasteiger partial charge in [-0.25, -0.2) is 5.43 Å². The average molecular weight is 286 g/mol. The maximum Gasteiger partial charge on any atom is 0.250 e. The summed E-state index contributed by atoms with van der Waals surface area (Å²) in [6.07, 6.45) is 5.08. The molecule has 0 aromatic carbocycles. The van der Waals surface area contributed by atoms with E-state index in [9.17, 15) is 0 Å². The van der Waals surface area contributed by atoms with E-state index in [4.69, 9.17) is 0 Å². The van der Waals surface area contributed by atoms with Crippen molar-refractivity contribution in [3.8, 4) is 0 Å². The number of hydrogen-bond acceptors (Lipinski definition) is 8. The number of nitrogens with zero attached hydrogens (tertiary/aromatic N) is 5. The third-order valence-electron chi connectivity index (χ3n) is 2.39. The lowest BCUT2D eigenvalue weighted by molar-refractivity contribution is 0.992. The van der Waals surface area contributed by atoms with Gasteiger partial charge in [0.1, 0.15) is 0 Å². The Morgan fingerprint density at radius 1 is 0.952 bits per heavy atom. The van der Waals surface area contributed by atoms with E-state index in [-0.39, 0.29) is 0 Å². The zero-order valence-electron chi connectivity index (χ0n) is 12.0. The monoisotopic (exact) mass is 286 g/mol. The molecule has 3 N–H and O–H groups in total. The number of aromatic nitrogens is 4. The van der Waals surface area contributed by atoms with Crippen LogP contribution in [0.1, 0.15) is 19.4 Å². The molecule has 2 aromatic heterocycles. The normalized spacial score (nSPS) is 10.6. The first-order valence-electron chi connectivity index (χ1n) is 6.74. The Kier molecular flexibility index (Phi) is 5.39. The van der Waals surface area contributed by atoms with Gasteiger partial charge in [0.05, 0.1) is 6.21 Å². The second-order valence-corrected chi connectivity index (χ2v) is 4.02. The van der Waals surface area contributed by atoms with Gasteiger partial charge in [-0.05, 0) is 31.5 Å². The summed E-state index contributed by atoms with van der Waals surface area (Å²) in [6, 6.07) is 3.71. The van der Waals surface area contributed by atoms with Crippen LogP contribution in [-0.4, -0.2) is 39.2 Å². The highest BCUT2D eigenvalue weighted by Gasteiger charge is 2.04. The van der Waals surface area contributed by atoms with Crippen molar-refractivity contribution in [2.24, 2.45) is 5.10 Å². The van der Waals surface area contributed by atoms with Gasteiger partial charge in [0, 0.05) is 25.5 Å². The van der Waals surface area contributed by atoms with E-state index < -0.39 is 0 Å². The molecule has 0 unspecified atom stereocenters. The van der Waals surface area contributed by atoms with Crippen molar-refractivity contribution >= 4 is 24.1 Å². The molecule has 0 spiro atoms. The van der Waals surface area contributed by atoms with Crippen LogP contribution in [0.2, 0.25) is 0 Å². The average Bonchev–Trinajstić information content (AvgIpc) is 2.49. The molecule has 2 aromatic rings. The molecule has 21 heavy (non-hydrogen) atoms. The topological polar surface area (TPSA) is 100 Å². The molecular weight excluding hydrogens is 268 g/mol. The minimum atomic E-state index is 0.377. The van der Waals surface area contributed by atoms with Crippen molar-refractivity contribution in [1.82, 2.24) is 19.9 Å². The van der Waals surface area contributed by atoms with E-state index in [1.807, 2.05) is 26.0 Å². The highest BCUT2D eigenvalue weighted by Crippen LogP contribution is 2.08. The molecular formula is C13H18N8. The number of hydrazone groups is 1. The van der Waals surface area contributed by atoms with Gasteiger partial charge in [0.2, 0.25) is 17.8 Å². The Morgan fingerprint density at radius 2 is 1.52 bits per heavy atom. The summed E-state index contributed by atoms with van der Waals surface area (Å²) >= 11 is 0. The van der Waals surface area contributed by atoms with E-state index in [1.165, 1.54) is 0 Å². The lowest BCUT2D eigenvalue weighted by atomic mass is 10.3. The van der Waals surface area contributed by atoms with Crippen molar-refractivity contribution in [1.29, 1.82) is 0 Å². The quantitative estimate of drug-likeness (QED) is 0.524. The van der Waals surface area contributed by atoms with Crippen LogP contribution >= 0.6 is 0 Å². The van der Waals surface area contributed by atoms with Gasteiger partial charge in [0.25, 0.3) is 0 Å². The van der Waals surface area contributed by atoms with Crippen molar-refractivity contribution < 1.29 is 0 Å². The minimum Gasteiger partial charge on any atom is -0.354 e. The van der Waals surface area contributed by atoms with Crippen molar-refractivity contribution in [2.75, 3.05) is 29.1 Å². The Bertz CT molecular complexity index is 560. The number of nitrogens with one attached hydrogen (secondary N) is 3. The van der Waals surface area contributed by atoms with Crippen LogP contribution in [-0.2, 0) is 0 Å². The molecule has 0 fully saturated rings. The van der Waals surface area contributed by atoms with Gasteiger partial charge in [0.15, 0.2) is 0 Å². The van der Waals surface area contributed by atoms with E-state index in [0.717, 1.165) is 18.7 Å². The maximum absolute atomic E-state index is 4.23. The number of rotatable bonds is 7. The van der Waals surface area contributed by atoms with Crippen LogP contribution < -0.4 is 16.1 Å². The van der Waals surface area contributed by atoms with Crippen LogP contribution in [0.25, 0.3) is 0 Å². The third-order valence-corrected chi connectivity index (χ3v) is 2.39. The number of hydrogen-bond donors (Lipinski definition) is 3. The fourth-order valence-electron chi connectivity index (χ4n) is 1.51. The van der Waals surface area contributed by atoms with Crippen LogP contribution in [0.3, 0.4) is 0 Å². The molecule has 0 saturated carbocycles. The molecule has 0 atom stereocenters. The fourth-order valence-corrected chi connectivity index (χ4v) is 1.51. The first-order valence-corrected chi connectivity index (χ1v) is 6.74. The molecule has 110 valence electrons. The first-order chi connectivity index (χ1) is 10.3. The standard InChI is InChI=1S/C13H18N8/c1-3-15-11-18-12(16-4-2)20-13(19-11)21-17-9-10-5-7-14-8-6-10/h5-9H,3-4H2,1-2H3,(H3,15,16,18,19,20,21)/b17-9+. The van der Waals surface area contributed by atoms with E-state index >= 15 is 0 Å². The zero-order chi connectivity index (χ0) is 14.9. The predicted octanol–water partition coefficient (Wildman–Crippen LogP) is 1.58. The van der Waals surface area contributed by atoms with Gasteiger partial charge in [-0.1, -0.05) is 0 Å². The van der Waals surface area contributed by atoms with Crippen molar-refractivity contribution in [3.05, 3.63) is 30.1 Å². The van der Waals surface area contributed by atoms with Crippen molar-refractivity contribution in [2.45, 2.75) is 13.8 Å². The molecule has 0 radical (unpaired) electrons. The number of pyridine rings is 1. The Morgan fingerprint density at radius 3 is 2.10 bits per heavy atom. The molecule has 0 bridgehead atoms. The molecule has 0 amide bonds. The summed E-state index contributed by atoms with van der Waals surface area (Å²) in [5.74, 6) is 1.39. The molecule has 8 heteroatoms. The SMILES string of the molecule is CCNc1nc(NCC)nc(N/N=C/c2ccncc2)n1. The summed E-state index contributed by atoms with van der Waals surface area (Å²) in [5, 5.41) is 10.2. The fraction of sp³-hybridized carbons (Fsp3) is 0.308. The molecule has 2 rings (SSSR count). The lowest BCUT2D eigenvalue weighted by Gasteiger charge is -2.07. The summed E-state index contributed by atoms with van der Waals surface area (Å²) in [6.45, 7) is 5.42. The maximum atomic E-state index is 4.23. The zero-order valence-corrected chi connectivity index (χ0v) is 12.0. The predicted molar refractivity (Wildman–Crippen MR) is 83.6 cm³/mol. The molecule has 0 aliphatic heterocycles. The molecule has 0 aliphatic rings.